The van der Waals surface area contributed by atoms with E-state index in [1.165, 1.54) is 5.01 Å². The molecule has 31 heavy (non-hydrogen) atoms. The molecule has 2 aromatic heterocycles. The summed E-state index contributed by atoms with van der Waals surface area (Å²) in [5.41, 5.74) is 2.28. The molecule has 0 aliphatic heterocycles. The van der Waals surface area contributed by atoms with Gasteiger partial charge in [0.1, 0.15) is 18.1 Å². The molecule has 3 rings (SSSR count). The van der Waals surface area contributed by atoms with E-state index in [-0.39, 0.29) is 6.54 Å². The number of hydrogen-bond donors (Lipinski definition) is 1. The van der Waals surface area contributed by atoms with E-state index in [1.807, 2.05) is 32.0 Å². The van der Waals surface area contributed by atoms with Crippen molar-refractivity contribution in [1.29, 1.82) is 0 Å². The number of hydrogen-bond acceptors (Lipinski definition) is 8. The average molecular weight is 487 g/mol. The Balaban J connectivity index is 1.82. The van der Waals surface area contributed by atoms with Crippen molar-refractivity contribution in [2.75, 3.05) is 24.0 Å². The van der Waals surface area contributed by atoms with Crippen LogP contribution in [0.1, 0.15) is 24.0 Å². The van der Waals surface area contributed by atoms with Crippen molar-refractivity contribution in [1.82, 2.24) is 15.0 Å². The molecule has 3 aromatic rings. The topological polar surface area (TPSA) is 102 Å². The number of aromatic nitrogens is 3. The third-order valence-electron chi connectivity index (χ3n) is 4.33. The minimum atomic E-state index is 0.120. The maximum absolute atomic E-state index is 11.6. The summed E-state index contributed by atoms with van der Waals surface area (Å²) in [5.74, 6) is 2.33. The van der Waals surface area contributed by atoms with Crippen LogP contribution in [-0.4, -0.2) is 28.7 Å². The van der Waals surface area contributed by atoms with Crippen molar-refractivity contribution < 1.29 is 9.47 Å². The number of methoxy groups -OCH3 is 1. The molecular formula is C21H23BrN6O3. The van der Waals surface area contributed by atoms with Gasteiger partial charge in [0.05, 0.1) is 19.0 Å². The minimum Gasteiger partial charge on any atom is -0.493 e. The standard InChI is InChI=1S/C21H23BrN6O3/c1-4-31-19-9-15(5-6-18(19)30-3)11-24-21-17(10-16(22)12-25-21)28(27-29)13-20-23-8-7-14(2)26-20/h5-10,12H,4,11,13H2,1-3H3,(H,24,25). The number of aryl methyl sites for hydroxylation is 1. The SMILES string of the molecule is CCOc1cc(CNc2ncc(Br)cc2N(Cc2nccc(C)n2)N=O)ccc1OC. The number of nitrogens with one attached hydrogen (secondary N) is 1. The first-order valence-electron chi connectivity index (χ1n) is 9.62. The van der Waals surface area contributed by atoms with Crippen LogP contribution in [0.25, 0.3) is 0 Å². The predicted molar refractivity (Wildman–Crippen MR) is 122 cm³/mol. The van der Waals surface area contributed by atoms with Crippen molar-refractivity contribution >= 4 is 27.4 Å². The summed E-state index contributed by atoms with van der Waals surface area (Å²) in [4.78, 5) is 24.6. The molecular weight excluding hydrogens is 464 g/mol. The lowest BCUT2D eigenvalue weighted by Gasteiger charge is -2.19. The summed E-state index contributed by atoms with van der Waals surface area (Å²) in [6.45, 7) is 4.89. The van der Waals surface area contributed by atoms with Crippen molar-refractivity contribution in [3.8, 4) is 11.5 Å². The van der Waals surface area contributed by atoms with E-state index in [9.17, 15) is 4.91 Å². The van der Waals surface area contributed by atoms with Crippen LogP contribution in [-0.2, 0) is 13.1 Å². The van der Waals surface area contributed by atoms with Crippen LogP contribution < -0.4 is 19.8 Å². The third kappa shape index (κ3) is 5.88. The highest BCUT2D eigenvalue weighted by atomic mass is 79.9. The molecule has 0 unspecified atom stereocenters. The molecule has 0 aliphatic carbocycles. The number of halogens is 1. The lowest BCUT2D eigenvalue weighted by Crippen LogP contribution is -2.19. The zero-order valence-electron chi connectivity index (χ0n) is 17.5. The van der Waals surface area contributed by atoms with Crippen LogP contribution in [0.4, 0.5) is 11.5 Å². The van der Waals surface area contributed by atoms with Crippen LogP contribution in [0.3, 0.4) is 0 Å². The first kappa shape index (κ1) is 22.4. The van der Waals surface area contributed by atoms with Crippen molar-refractivity contribution in [3.63, 3.8) is 0 Å². The molecule has 0 fully saturated rings. The maximum atomic E-state index is 11.6. The van der Waals surface area contributed by atoms with Crippen LogP contribution in [0.2, 0.25) is 0 Å². The van der Waals surface area contributed by atoms with Gasteiger partial charge in [-0.2, -0.15) is 0 Å². The van der Waals surface area contributed by atoms with E-state index in [0.29, 0.717) is 42.0 Å². The molecule has 2 heterocycles. The van der Waals surface area contributed by atoms with Crippen LogP contribution in [0, 0.1) is 11.8 Å². The molecule has 162 valence electrons. The Morgan fingerprint density at radius 2 is 2.03 bits per heavy atom. The molecule has 0 spiro atoms. The summed E-state index contributed by atoms with van der Waals surface area (Å²) < 4.78 is 11.7. The number of ether oxygens (including phenoxy) is 2. The summed E-state index contributed by atoms with van der Waals surface area (Å²) in [5, 5.41) is 7.71. The molecule has 9 nitrogen and oxygen atoms in total. The van der Waals surface area contributed by atoms with Crippen molar-refractivity contribution in [3.05, 3.63) is 69.2 Å². The highest BCUT2D eigenvalue weighted by molar-refractivity contribution is 9.10. The molecule has 1 aromatic carbocycles. The third-order valence-corrected chi connectivity index (χ3v) is 4.77. The quantitative estimate of drug-likeness (QED) is 0.326. The van der Waals surface area contributed by atoms with Gasteiger partial charge in [-0.1, -0.05) is 6.07 Å². The largest absolute Gasteiger partial charge is 0.493 e. The van der Waals surface area contributed by atoms with Gasteiger partial charge in [0, 0.05) is 29.1 Å². The summed E-state index contributed by atoms with van der Waals surface area (Å²) in [6.07, 6.45) is 3.30. The van der Waals surface area contributed by atoms with Gasteiger partial charge in [0.15, 0.2) is 17.3 Å². The first-order valence-corrected chi connectivity index (χ1v) is 10.4. The van der Waals surface area contributed by atoms with E-state index < -0.39 is 0 Å². The smallest absolute Gasteiger partial charge is 0.161 e. The molecule has 0 atom stereocenters. The number of rotatable bonds is 10. The second-order valence-electron chi connectivity index (χ2n) is 6.55. The van der Waals surface area contributed by atoms with Crippen LogP contribution in [0.5, 0.6) is 11.5 Å². The highest BCUT2D eigenvalue weighted by Crippen LogP contribution is 2.31. The average Bonchev–Trinajstić information content (AvgIpc) is 2.77. The number of nitrogens with zero attached hydrogens (tertiary/aromatic N) is 5. The number of anilines is 2. The summed E-state index contributed by atoms with van der Waals surface area (Å²) in [6, 6.07) is 9.26. The molecule has 0 radical (unpaired) electrons. The number of benzene rings is 1. The first-order chi connectivity index (χ1) is 15.0. The Bertz CT molecular complexity index is 1050. The van der Waals surface area contributed by atoms with E-state index >= 15 is 0 Å². The molecule has 10 heteroatoms. The molecule has 0 saturated heterocycles. The molecule has 0 aliphatic rings. The molecule has 0 bridgehead atoms. The lowest BCUT2D eigenvalue weighted by molar-refractivity contribution is 0.310. The Labute approximate surface area is 188 Å². The van der Waals surface area contributed by atoms with Crippen molar-refractivity contribution in [2.45, 2.75) is 26.9 Å². The fourth-order valence-corrected chi connectivity index (χ4v) is 3.23. The van der Waals surface area contributed by atoms with E-state index in [0.717, 1.165) is 15.7 Å². The van der Waals surface area contributed by atoms with Gasteiger partial charge in [-0.25, -0.2) is 20.0 Å². The van der Waals surface area contributed by atoms with Gasteiger partial charge < -0.3 is 14.8 Å². The Morgan fingerprint density at radius 1 is 1.19 bits per heavy atom. The normalized spacial score (nSPS) is 10.5. The zero-order valence-corrected chi connectivity index (χ0v) is 19.1. The molecule has 1 N–H and O–H groups in total. The Hall–Kier alpha value is -3.27. The molecule has 0 saturated carbocycles. The summed E-state index contributed by atoms with van der Waals surface area (Å²) in [7, 11) is 1.60. The van der Waals surface area contributed by atoms with Gasteiger partial charge >= 0.3 is 0 Å². The monoisotopic (exact) mass is 486 g/mol. The van der Waals surface area contributed by atoms with Gasteiger partial charge in [-0.3, -0.25) is 0 Å². The Morgan fingerprint density at radius 3 is 2.74 bits per heavy atom. The Kier molecular flexibility index (Phi) is 7.71. The van der Waals surface area contributed by atoms with E-state index in [2.05, 4.69) is 41.5 Å². The van der Waals surface area contributed by atoms with E-state index in [4.69, 9.17) is 9.47 Å². The second-order valence-corrected chi connectivity index (χ2v) is 7.46. The van der Waals surface area contributed by atoms with Crippen molar-refractivity contribution in [2.24, 2.45) is 5.29 Å². The highest BCUT2D eigenvalue weighted by Gasteiger charge is 2.16. The zero-order chi connectivity index (χ0) is 22.2. The van der Waals surface area contributed by atoms with Crippen LogP contribution in [0.15, 0.2) is 52.5 Å². The maximum Gasteiger partial charge on any atom is 0.161 e. The van der Waals surface area contributed by atoms with Gasteiger partial charge in [0.2, 0.25) is 0 Å². The van der Waals surface area contributed by atoms with Gasteiger partial charge in [0.25, 0.3) is 0 Å². The minimum absolute atomic E-state index is 0.120. The lowest BCUT2D eigenvalue weighted by atomic mass is 10.2. The fourth-order valence-electron chi connectivity index (χ4n) is 2.92. The number of pyridine rings is 1. The van der Waals surface area contributed by atoms with E-state index in [1.54, 1.807) is 31.6 Å². The number of nitroso groups, excluding NO2 is 1. The van der Waals surface area contributed by atoms with Gasteiger partial charge in [-0.05, 0) is 59.6 Å². The van der Waals surface area contributed by atoms with Gasteiger partial charge in [-0.15, -0.1) is 4.91 Å². The van der Waals surface area contributed by atoms with Crippen LogP contribution >= 0.6 is 15.9 Å². The fraction of sp³-hybridized carbons (Fsp3) is 0.286. The predicted octanol–water partition coefficient (Wildman–Crippen LogP) is 4.65. The summed E-state index contributed by atoms with van der Waals surface area (Å²) >= 11 is 3.41. The second kappa shape index (κ2) is 10.7. The molecule has 0 amide bonds.